The number of halogens is 3. The number of nitrogens with zero attached hydrogens (tertiary/aromatic N) is 2. The van der Waals surface area contributed by atoms with Gasteiger partial charge in [-0.25, -0.2) is 4.79 Å². The van der Waals surface area contributed by atoms with Crippen LogP contribution in [0.4, 0.5) is 13.2 Å². The monoisotopic (exact) mass is 523 g/mol. The molecule has 0 radical (unpaired) electrons. The standard InChI is InChI=1S/C24H31N3O3.C2HF3O2/c1-19(20-6-4-3-5-7-20)18-27(15-12-23(28)26-16-13-25-14-17-26)24(29)21-8-10-22(30-2)11-9-21;3-2(4,5)1(6)7/h3-11,19,25H,12-18H2,1-2H3;(H,6,7). The number of hydrogen-bond donors (Lipinski definition) is 2. The number of benzene rings is 2. The Kier molecular flexibility index (Phi) is 11.4. The molecule has 2 N–H and O–H groups in total. The number of aliphatic carboxylic acids is 1. The third-order valence-corrected chi connectivity index (χ3v) is 5.79. The highest BCUT2D eigenvalue weighted by atomic mass is 19.4. The van der Waals surface area contributed by atoms with Crippen molar-refractivity contribution < 1.29 is 37.4 Å². The van der Waals surface area contributed by atoms with E-state index in [0.29, 0.717) is 30.8 Å². The maximum Gasteiger partial charge on any atom is 0.490 e. The van der Waals surface area contributed by atoms with Gasteiger partial charge in [0.2, 0.25) is 5.91 Å². The average molecular weight is 524 g/mol. The van der Waals surface area contributed by atoms with E-state index in [-0.39, 0.29) is 17.7 Å². The van der Waals surface area contributed by atoms with Gasteiger partial charge in [0.15, 0.2) is 0 Å². The molecule has 2 aromatic carbocycles. The summed E-state index contributed by atoms with van der Waals surface area (Å²) in [6, 6.07) is 17.3. The van der Waals surface area contributed by atoms with Crippen LogP contribution in [0.5, 0.6) is 5.75 Å². The maximum absolute atomic E-state index is 13.3. The molecule has 37 heavy (non-hydrogen) atoms. The lowest BCUT2D eigenvalue weighted by Gasteiger charge is -2.30. The van der Waals surface area contributed by atoms with Gasteiger partial charge in [0, 0.05) is 51.3 Å². The molecule has 1 aliphatic rings. The van der Waals surface area contributed by atoms with Crippen LogP contribution in [0.3, 0.4) is 0 Å². The molecule has 202 valence electrons. The molecule has 0 spiro atoms. The van der Waals surface area contributed by atoms with Gasteiger partial charge in [0.05, 0.1) is 7.11 Å². The number of methoxy groups -OCH3 is 1. The number of ether oxygens (including phenoxy) is 1. The molecule has 0 aromatic heterocycles. The van der Waals surface area contributed by atoms with E-state index in [9.17, 15) is 22.8 Å². The van der Waals surface area contributed by atoms with Gasteiger partial charge in [-0.1, -0.05) is 37.3 Å². The van der Waals surface area contributed by atoms with E-state index in [2.05, 4.69) is 24.4 Å². The molecule has 1 fully saturated rings. The molecule has 1 unspecified atom stereocenters. The predicted octanol–water partition coefficient (Wildman–Crippen LogP) is 3.40. The van der Waals surface area contributed by atoms with E-state index in [1.54, 1.807) is 36.3 Å². The number of piperazine rings is 1. The summed E-state index contributed by atoms with van der Waals surface area (Å²) in [4.78, 5) is 38.5. The fourth-order valence-electron chi connectivity index (χ4n) is 3.71. The van der Waals surface area contributed by atoms with E-state index in [0.717, 1.165) is 26.2 Å². The summed E-state index contributed by atoms with van der Waals surface area (Å²) >= 11 is 0. The number of hydrogen-bond acceptors (Lipinski definition) is 5. The molecule has 3 rings (SSSR count). The zero-order valence-corrected chi connectivity index (χ0v) is 20.8. The second kappa shape index (κ2) is 14.2. The summed E-state index contributed by atoms with van der Waals surface area (Å²) in [5.41, 5.74) is 1.78. The Morgan fingerprint density at radius 3 is 2.14 bits per heavy atom. The fraction of sp³-hybridized carbons (Fsp3) is 0.423. The third kappa shape index (κ3) is 9.76. The zero-order chi connectivity index (χ0) is 27.4. The van der Waals surface area contributed by atoms with Gasteiger partial charge in [0.1, 0.15) is 5.75 Å². The molecule has 1 aliphatic heterocycles. The highest BCUT2D eigenvalue weighted by molar-refractivity contribution is 5.94. The lowest BCUT2D eigenvalue weighted by atomic mass is 10.00. The van der Waals surface area contributed by atoms with Crippen LogP contribution in [-0.4, -0.2) is 85.2 Å². The average Bonchev–Trinajstić information content (AvgIpc) is 2.91. The van der Waals surface area contributed by atoms with Gasteiger partial charge >= 0.3 is 12.1 Å². The molecule has 1 saturated heterocycles. The first-order chi connectivity index (χ1) is 17.5. The summed E-state index contributed by atoms with van der Waals surface area (Å²) in [5, 5.41) is 10.4. The number of carboxylic acid groups (broad SMARTS) is 1. The number of alkyl halides is 3. The van der Waals surface area contributed by atoms with Crippen molar-refractivity contribution in [1.29, 1.82) is 0 Å². The van der Waals surface area contributed by atoms with Gasteiger partial charge in [-0.3, -0.25) is 9.59 Å². The smallest absolute Gasteiger partial charge is 0.490 e. The third-order valence-electron chi connectivity index (χ3n) is 5.79. The Hall–Kier alpha value is -3.60. The molecule has 2 aromatic rings. The molecule has 0 saturated carbocycles. The molecule has 1 heterocycles. The molecule has 1 atom stereocenters. The summed E-state index contributed by atoms with van der Waals surface area (Å²) in [7, 11) is 1.60. The van der Waals surface area contributed by atoms with E-state index in [4.69, 9.17) is 14.6 Å². The van der Waals surface area contributed by atoms with Crippen LogP contribution in [-0.2, 0) is 9.59 Å². The Morgan fingerprint density at radius 1 is 1.05 bits per heavy atom. The lowest BCUT2D eigenvalue weighted by molar-refractivity contribution is -0.192. The lowest BCUT2D eigenvalue weighted by Crippen LogP contribution is -2.47. The van der Waals surface area contributed by atoms with Crippen LogP contribution in [0.25, 0.3) is 0 Å². The van der Waals surface area contributed by atoms with Crippen LogP contribution in [0, 0.1) is 0 Å². The van der Waals surface area contributed by atoms with Crippen molar-refractivity contribution in [2.24, 2.45) is 0 Å². The van der Waals surface area contributed by atoms with Crippen molar-refractivity contribution in [3.63, 3.8) is 0 Å². The summed E-state index contributed by atoms with van der Waals surface area (Å²) in [5.74, 6) is -1.83. The summed E-state index contributed by atoms with van der Waals surface area (Å²) in [6.07, 6.45) is -4.75. The minimum absolute atomic E-state index is 0.0615. The second-order valence-corrected chi connectivity index (χ2v) is 8.48. The van der Waals surface area contributed by atoms with Crippen LogP contribution in [0.15, 0.2) is 54.6 Å². The highest BCUT2D eigenvalue weighted by Gasteiger charge is 2.38. The molecule has 0 bridgehead atoms. The van der Waals surface area contributed by atoms with E-state index >= 15 is 0 Å². The van der Waals surface area contributed by atoms with Crippen LogP contribution >= 0.6 is 0 Å². The molecular weight excluding hydrogens is 491 g/mol. The normalized spacial score (nSPS) is 14.1. The Labute approximate surface area is 214 Å². The Morgan fingerprint density at radius 2 is 1.62 bits per heavy atom. The Bertz CT molecular complexity index is 1010. The van der Waals surface area contributed by atoms with Crippen molar-refractivity contribution in [2.75, 3.05) is 46.4 Å². The van der Waals surface area contributed by atoms with Gasteiger partial charge in [-0.05, 0) is 35.7 Å². The molecule has 2 amide bonds. The zero-order valence-electron chi connectivity index (χ0n) is 20.8. The summed E-state index contributed by atoms with van der Waals surface area (Å²) in [6.45, 7) is 6.18. The number of carbonyl (C=O) groups excluding carboxylic acids is 2. The Balaban J connectivity index is 0.000000604. The number of carbonyl (C=O) groups is 3. The molecular formula is C26H32F3N3O5. The minimum Gasteiger partial charge on any atom is -0.497 e. The van der Waals surface area contributed by atoms with Gasteiger partial charge in [0.25, 0.3) is 5.91 Å². The number of nitrogens with one attached hydrogen (secondary N) is 1. The largest absolute Gasteiger partial charge is 0.497 e. The van der Waals surface area contributed by atoms with Crippen molar-refractivity contribution in [1.82, 2.24) is 15.1 Å². The van der Waals surface area contributed by atoms with Gasteiger partial charge in [-0.15, -0.1) is 0 Å². The first-order valence-corrected chi connectivity index (χ1v) is 11.8. The van der Waals surface area contributed by atoms with Crippen molar-refractivity contribution in [3.8, 4) is 5.75 Å². The van der Waals surface area contributed by atoms with E-state index < -0.39 is 12.1 Å². The molecule has 0 aliphatic carbocycles. The van der Waals surface area contributed by atoms with E-state index in [1.807, 2.05) is 23.1 Å². The van der Waals surface area contributed by atoms with Crippen LogP contribution in [0.2, 0.25) is 0 Å². The molecule has 11 heteroatoms. The van der Waals surface area contributed by atoms with Crippen molar-refractivity contribution in [3.05, 3.63) is 65.7 Å². The highest BCUT2D eigenvalue weighted by Crippen LogP contribution is 2.19. The minimum atomic E-state index is -5.08. The number of amides is 2. The first kappa shape index (κ1) is 29.6. The predicted molar refractivity (Wildman–Crippen MR) is 132 cm³/mol. The number of carboxylic acids is 1. The topological polar surface area (TPSA) is 99.2 Å². The van der Waals surface area contributed by atoms with Crippen LogP contribution in [0.1, 0.15) is 35.2 Å². The number of rotatable bonds is 8. The van der Waals surface area contributed by atoms with Crippen LogP contribution < -0.4 is 10.1 Å². The van der Waals surface area contributed by atoms with E-state index in [1.165, 1.54) is 5.56 Å². The molecule has 8 nitrogen and oxygen atoms in total. The van der Waals surface area contributed by atoms with Crippen molar-refractivity contribution >= 4 is 17.8 Å². The van der Waals surface area contributed by atoms with Gasteiger partial charge in [-0.2, -0.15) is 13.2 Å². The SMILES string of the molecule is COc1ccc(C(=O)N(CCC(=O)N2CCNCC2)CC(C)c2ccccc2)cc1.O=C(O)C(F)(F)F. The maximum atomic E-state index is 13.3. The summed E-state index contributed by atoms with van der Waals surface area (Å²) < 4.78 is 36.9. The van der Waals surface area contributed by atoms with Gasteiger partial charge < -0.3 is 25.0 Å². The second-order valence-electron chi connectivity index (χ2n) is 8.48. The quantitative estimate of drug-likeness (QED) is 0.551. The fourth-order valence-corrected chi connectivity index (χ4v) is 3.71. The first-order valence-electron chi connectivity index (χ1n) is 11.8. The van der Waals surface area contributed by atoms with Crippen molar-refractivity contribution in [2.45, 2.75) is 25.4 Å².